The highest BCUT2D eigenvalue weighted by Gasteiger charge is 2.60. The van der Waals surface area contributed by atoms with Gasteiger partial charge in [0.25, 0.3) is 5.91 Å². The lowest BCUT2D eigenvalue weighted by molar-refractivity contribution is -0.124. The number of carbonyl (C=O) groups excluding carboxylic acids is 2. The molecule has 2 heterocycles. The number of amides is 2. The number of ether oxygens (including phenoxy) is 2. The van der Waals surface area contributed by atoms with Crippen molar-refractivity contribution < 1.29 is 27.9 Å². The number of rotatable bonds is 6. The van der Waals surface area contributed by atoms with E-state index in [4.69, 9.17) is 25.5 Å². The minimum absolute atomic E-state index is 0.000791. The second-order valence-electron chi connectivity index (χ2n) is 11.1. The van der Waals surface area contributed by atoms with Crippen LogP contribution in [-0.4, -0.2) is 57.9 Å². The number of nitrogens with zero attached hydrogens (tertiary/aromatic N) is 3. The molecule has 3 saturated carbocycles. The molecule has 3 atom stereocenters. The smallest absolute Gasteiger partial charge is 0.410 e. The largest absolute Gasteiger partial charge is 0.484 e. The van der Waals surface area contributed by atoms with E-state index >= 15 is 0 Å². The molecule has 4 aliphatic rings. The third-order valence-corrected chi connectivity index (χ3v) is 7.71. The molecule has 3 aliphatic carbocycles. The molecule has 1 N–H and O–H groups in total. The Morgan fingerprint density at radius 2 is 2.03 bits per heavy atom. The molecule has 1 aromatic heterocycles. The minimum Gasteiger partial charge on any atom is -0.484 e. The third kappa shape index (κ3) is 4.63. The molecule has 36 heavy (non-hydrogen) atoms. The number of halogens is 2. The van der Waals surface area contributed by atoms with Gasteiger partial charge in [-0.25, -0.2) is 9.18 Å². The lowest BCUT2D eigenvalue weighted by atomic mass is 9.69. The van der Waals surface area contributed by atoms with Crippen LogP contribution in [0.15, 0.2) is 22.6 Å². The quantitative estimate of drug-likeness (QED) is 0.608. The molecule has 2 aromatic rings. The van der Waals surface area contributed by atoms with Crippen LogP contribution in [-0.2, 0) is 14.9 Å². The molecule has 4 fully saturated rings. The lowest BCUT2D eigenvalue weighted by Crippen LogP contribution is -2.56. The zero-order valence-electron chi connectivity index (χ0n) is 20.7. The van der Waals surface area contributed by atoms with Crippen LogP contribution in [0.3, 0.4) is 0 Å². The van der Waals surface area contributed by atoms with Crippen LogP contribution in [0.2, 0.25) is 5.02 Å². The van der Waals surface area contributed by atoms with Crippen molar-refractivity contribution in [2.24, 2.45) is 5.92 Å². The number of carbonyl (C=O) groups is 2. The van der Waals surface area contributed by atoms with Crippen molar-refractivity contribution in [3.8, 4) is 5.75 Å². The maximum Gasteiger partial charge on any atom is 0.410 e. The highest BCUT2D eigenvalue weighted by atomic mass is 35.5. The molecule has 9 nitrogen and oxygen atoms in total. The Hall–Kier alpha value is -2.88. The average Bonchev–Trinajstić information content (AvgIpc) is 3.45. The van der Waals surface area contributed by atoms with Crippen LogP contribution in [0.1, 0.15) is 64.7 Å². The third-order valence-electron chi connectivity index (χ3n) is 7.40. The second-order valence-corrected chi connectivity index (χ2v) is 11.5. The molecule has 6 rings (SSSR count). The van der Waals surface area contributed by atoms with Gasteiger partial charge in [0.15, 0.2) is 6.61 Å². The van der Waals surface area contributed by atoms with Gasteiger partial charge in [0, 0.05) is 24.7 Å². The Bertz CT molecular complexity index is 1180. The van der Waals surface area contributed by atoms with Gasteiger partial charge < -0.3 is 24.1 Å². The van der Waals surface area contributed by atoms with E-state index in [0.29, 0.717) is 30.7 Å². The summed E-state index contributed by atoms with van der Waals surface area (Å²) in [6, 6.07) is 3.95. The van der Waals surface area contributed by atoms with Crippen molar-refractivity contribution in [2.75, 3.05) is 13.2 Å². The van der Waals surface area contributed by atoms with Gasteiger partial charge in [-0.1, -0.05) is 11.6 Å². The first-order valence-electron chi connectivity index (χ1n) is 12.1. The van der Waals surface area contributed by atoms with E-state index < -0.39 is 11.4 Å². The molecular formula is C25H30ClFN4O5. The van der Waals surface area contributed by atoms with Gasteiger partial charge in [-0.15, -0.1) is 10.2 Å². The van der Waals surface area contributed by atoms with E-state index in [1.54, 1.807) is 4.90 Å². The van der Waals surface area contributed by atoms with Crippen molar-refractivity contribution >= 4 is 23.6 Å². The standard InChI is InChI=1S/C25H30ClFN4O5/c1-13-16(11-31(13)23(33)36-24(2,3)4)21-29-30-22(35-21)25-8-14(9-25)19(10-25)28-20(32)12-34-15-5-6-17(26)18(27)7-15/h5-7,13-14,16,19H,8-12H2,1-4H3,(H,28,32). The zero-order valence-corrected chi connectivity index (χ0v) is 21.5. The summed E-state index contributed by atoms with van der Waals surface area (Å²) in [7, 11) is 0. The Kier molecular flexibility index (Phi) is 6.13. The molecule has 1 saturated heterocycles. The first-order chi connectivity index (χ1) is 16.9. The van der Waals surface area contributed by atoms with Gasteiger partial charge in [-0.2, -0.15) is 0 Å². The molecular weight excluding hydrogens is 491 g/mol. The van der Waals surface area contributed by atoms with Gasteiger partial charge in [0.1, 0.15) is 17.2 Å². The summed E-state index contributed by atoms with van der Waals surface area (Å²) < 4.78 is 30.5. The van der Waals surface area contributed by atoms with Crippen LogP contribution in [0.25, 0.3) is 0 Å². The number of nitrogens with one attached hydrogen (secondary N) is 1. The number of hydrogen-bond donors (Lipinski definition) is 1. The van der Waals surface area contributed by atoms with E-state index in [1.807, 2.05) is 27.7 Å². The summed E-state index contributed by atoms with van der Waals surface area (Å²) in [5.41, 5.74) is -0.778. The number of likely N-dealkylation sites (tertiary alicyclic amines) is 1. The predicted molar refractivity (Wildman–Crippen MR) is 127 cm³/mol. The first-order valence-corrected chi connectivity index (χ1v) is 12.5. The predicted octanol–water partition coefficient (Wildman–Crippen LogP) is 4.20. The normalized spacial score (nSPS) is 28.8. The van der Waals surface area contributed by atoms with E-state index in [2.05, 4.69) is 15.5 Å². The highest BCUT2D eigenvalue weighted by molar-refractivity contribution is 6.30. The summed E-state index contributed by atoms with van der Waals surface area (Å²) in [6.45, 7) is 7.73. The van der Waals surface area contributed by atoms with Crippen molar-refractivity contribution in [3.63, 3.8) is 0 Å². The molecule has 11 heteroatoms. The topological polar surface area (TPSA) is 107 Å². The van der Waals surface area contributed by atoms with Crippen LogP contribution < -0.4 is 10.1 Å². The molecule has 194 valence electrons. The van der Waals surface area contributed by atoms with E-state index in [-0.39, 0.29) is 52.8 Å². The van der Waals surface area contributed by atoms with E-state index in [1.165, 1.54) is 12.1 Å². The van der Waals surface area contributed by atoms with Gasteiger partial charge in [0.2, 0.25) is 11.8 Å². The molecule has 0 spiro atoms. The zero-order chi connectivity index (χ0) is 25.8. The monoisotopic (exact) mass is 520 g/mol. The second kappa shape index (κ2) is 8.90. The van der Waals surface area contributed by atoms with Crippen molar-refractivity contribution in [2.45, 2.75) is 76.0 Å². The number of hydrogen-bond acceptors (Lipinski definition) is 7. The fraction of sp³-hybridized carbons (Fsp3) is 0.600. The first kappa shape index (κ1) is 24.8. The Morgan fingerprint density at radius 3 is 2.69 bits per heavy atom. The Balaban J connectivity index is 1.13. The SMILES string of the molecule is CC1C(c2nnc(C34CC(C3)C(NC(=O)COc3ccc(Cl)c(F)c3)C4)o2)CN1C(=O)OC(C)(C)C. The lowest BCUT2D eigenvalue weighted by Gasteiger charge is -2.44. The summed E-state index contributed by atoms with van der Waals surface area (Å²) in [5, 5.41) is 11.7. The van der Waals surface area contributed by atoms with Crippen LogP contribution in [0, 0.1) is 11.7 Å². The van der Waals surface area contributed by atoms with Crippen molar-refractivity contribution in [1.82, 2.24) is 20.4 Å². The fourth-order valence-corrected chi connectivity index (χ4v) is 5.55. The maximum absolute atomic E-state index is 13.5. The van der Waals surface area contributed by atoms with Gasteiger partial charge >= 0.3 is 6.09 Å². The molecule has 2 bridgehead atoms. The van der Waals surface area contributed by atoms with Gasteiger partial charge in [-0.3, -0.25) is 4.79 Å². The van der Waals surface area contributed by atoms with Crippen molar-refractivity contribution in [3.05, 3.63) is 40.8 Å². The number of benzene rings is 1. The molecule has 2 amide bonds. The molecule has 1 aliphatic heterocycles. The van der Waals surface area contributed by atoms with E-state index in [0.717, 1.165) is 18.9 Å². The number of fused-ring (bicyclic) bond motifs is 1. The average molecular weight is 521 g/mol. The summed E-state index contributed by atoms with van der Waals surface area (Å²) >= 11 is 5.67. The van der Waals surface area contributed by atoms with Crippen LogP contribution in [0.4, 0.5) is 9.18 Å². The number of aromatic nitrogens is 2. The van der Waals surface area contributed by atoms with E-state index in [9.17, 15) is 14.0 Å². The van der Waals surface area contributed by atoms with Crippen LogP contribution in [0.5, 0.6) is 5.75 Å². The fourth-order valence-electron chi connectivity index (χ4n) is 5.43. The molecule has 0 radical (unpaired) electrons. The van der Waals surface area contributed by atoms with Crippen LogP contribution >= 0.6 is 11.6 Å². The van der Waals surface area contributed by atoms with Gasteiger partial charge in [0.05, 0.1) is 16.4 Å². The Morgan fingerprint density at radius 1 is 1.28 bits per heavy atom. The van der Waals surface area contributed by atoms with Gasteiger partial charge in [-0.05, 0) is 65.0 Å². The highest BCUT2D eigenvalue weighted by Crippen LogP contribution is 2.59. The maximum atomic E-state index is 13.5. The molecule has 3 unspecified atom stereocenters. The molecule has 1 aromatic carbocycles. The summed E-state index contributed by atoms with van der Waals surface area (Å²) in [4.78, 5) is 26.4. The minimum atomic E-state index is -0.596. The van der Waals surface area contributed by atoms with Crippen molar-refractivity contribution in [1.29, 1.82) is 0 Å². The Labute approximate surface area is 213 Å². The summed E-state index contributed by atoms with van der Waals surface area (Å²) in [5.74, 6) is 0.816. The summed E-state index contributed by atoms with van der Waals surface area (Å²) in [6.07, 6.45) is 2.11.